The van der Waals surface area contributed by atoms with Gasteiger partial charge >= 0.3 is 0 Å². The van der Waals surface area contributed by atoms with Crippen molar-refractivity contribution in [1.29, 1.82) is 0 Å². The van der Waals surface area contributed by atoms with Crippen molar-refractivity contribution < 1.29 is 14.3 Å². The highest BCUT2D eigenvalue weighted by atomic mass is 32.2. The topological polar surface area (TPSA) is 104 Å². The minimum Gasteiger partial charge on any atom is -0.497 e. The van der Waals surface area contributed by atoms with Crippen LogP contribution in [0.1, 0.15) is 22.5 Å². The number of thioether (sulfide) groups is 1. The summed E-state index contributed by atoms with van der Waals surface area (Å²) in [6.45, 7) is 4.17. The van der Waals surface area contributed by atoms with Gasteiger partial charge in [-0.2, -0.15) is 4.98 Å². The Morgan fingerprint density at radius 3 is 2.70 bits per heavy atom. The number of aryl methyl sites for hydroxylation is 2. The molecular weight excluding hydrogens is 440 g/mol. The van der Waals surface area contributed by atoms with Crippen molar-refractivity contribution in [2.75, 3.05) is 13.4 Å². The molecule has 9 nitrogen and oxygen atoms in total. The number of benzene rings is 1. The van der Waals surface area contributed by atoms with E-state index in [1.807, 2.05) is 44.4 Å². The van der Waals surface area contributed by atoms with Crippen molar-refractivity contribution in [3.63, 3.8) is 0 Å². The molecule has 0 bridgehead atoms. The summed E-state index contributed by atoms with van der Waals surface area (Å²) in [4.78, 5) is 25.8. The molecule has 0 aliphatic heterocycles. The number of hydrogen-bond acceptors (Lipinski definition) is 8. The molecule has 3 heterocycles. The van der Waals surface area contributed by atoms with Crippen LogP contribution >= 0.6 is 11.8 Å². The second kappa shape index (κ2) is 9.86. The third-order valence-corrected chi connectivity index (χ3v) is 5.64. The molecule has 33 heavy (non-hydrogen) atoms. The van der Waals surface area contributed by atoms with Crippen LogP contribution in [0.15, 0.2) is 47.8 Å². The minimum absolute atomic E-state index is 0.107. The van der Waals surface area contributed by atoms with Gasteiger partial charge in [0.2, 0.25) is 16.9 Å². The maximum Gasteiger partial charge on any atom is 0.253 e. The van der Waals surface area contributed by atoms with E-state index in [0.29, 0.717) is 34.9 Å². The Bertz CT molecular complexity index is 1290. The average molecular weight is 465 g/mol. The van der Waals surface area contributed by atoms with Gasteiger partial charge in [-0.15, -0.1) is 5.10 Å². The average Bonchev–Trinajstić information content (AvgIpc) is 3.25. The molecule has 170 valence electrons. The summed E-state index contributed by atoms with van der Waals surface area (Å²) >= 11 is 1.45. The zero-order chi connectivity index (χ0) is 23.4. The molecule has 1 amide bonds. The SMILES string of the molecule is COc1cccc(Oc2ccc(CNC(=O)Cc3c(C)nc4nc(SC)nn4c3C)cn2)c1. The van der Waals surface area contributed by atoms with Gasteiger partial charge in [-0.25, -0.2) is 14.5 Å². The third-order valence-electron chi connectivity index (χ3n) is 5.10. The predicted molar refractivity (Wildman–Crippen MR) is 125 cm³/mol. The minimum atomic E-state index is -0.107. The van der Waals surface area contributed by atoms with Crippen LogP contribution < -0.4 is 14.8 Å². The van der Waals surface area contributed by atoms with Crippen LogP contribution in [0.25, 0.3) is 5.78 Å². The van der Waals surface area contributed by atoms with Gasteiger partial charge in [-0.1, -0.05) is 23.9 Å². The number of carbonyl (C=O) groups excluding carboxylic acids is 1. The Labute approximate surface area is 195 Å². The number of rotatable bonds is 8. The third kappa shape index (κ3) is 5.23. The fourth-order valence-corrected chi connectivity index (χ4v) is 3.65. The highest BCUT2D eigenvalue weighted by Crippen LogP contribution is 2.24. The first-order valence-corrected chi connectivity index (χ1v) is 11.5. The van der Waals surface area contributed by atoms with E-state index in [9.17, 15) is 4.79 Å². The van der Waals surface area contributed by atoms with E-state index in [4.69, 9.17) is 9.47 Å². The molecule has 0 atom stereocenters. The number of nitrogens with one attached hydrogen (secondary N) is 1. The van der Waals surface area contributed by atoms with Gasteiger partial charge in [-0.3, -0.25) is 4.79 Å². The number of aromatic nitrogens is 5. The maximum absolute atomic E-state index is 12.6. The standard InChI is InChI=1S/C23H24N6O3S/c1-14-19(15(2)29-22(26-14)27-23(28-29)33-4)11-20(30)24-12-16-8-9-21(25-13-16)32-18-7-5-6-17(10-18)31-3/h5-10,13H,11-12H2,1-4H3,(H,24,30). The normalized spacial score (nSPS) is 10.9. The van der Waals surface area contributed by atoms with Gasteiger partial charge in [0, 0.05) is 41.8 Å². The summed E-state index contributed by atoms with van der Waals surface area (Å²) in [6.07, 6.45) is 3.80. The molecule has 1 N–H and O–H groups in total. The van der Waals surface area contributed by atoms with Gasteiger partial charge in [0.25, 0.3) is 5.78 Å². The molecule has 0 aliphatic carbocycles. The monoisotopic (exact) mass is 464 g/mol. The second-order valence-electron chi connectivity index (χ2n) is 7.31. The smallest absolute Gasteiger partial charge is 0.253 e. The molecule has 0 spiro atoms. The van der Waals surface area contributed by atoms with Crippen molar-refractivity contribution >= 4 is 23.4 Å². The van der Waals surface area contributed by atoms with E-state index in [-0.39, 0.29) is 12.3 Å². The summed E-state index contributed by atoms with van der Waals surface area (Å²) in [5.74, 6) is 2.24. The quantitative estimate of drug-likeness (QED) is 0.395. The number of methoxy groups -OCH3 is 1. The van der Waals surface area contributed by atoms with Crippen molar-refractivity contribution in [2.45, 2.75) is 32.0 Å². The number of hydrogen-bond donors (Lipinski definition) is 1. The van der Waals surface area contributed by atoms with Gasteiger partial charge in [-0.05, 0) is 37.8 Å². The molecule has 4 aromatic rings. The van der Waals surface area contributed by atoms with Crippen LogP contribution in [0.5, 0.6) is 17.4 Å². The Balaban J connectivity index is 1.37. The lowest BCUT2D eigenvalue weighted by Gasteiger charge is -2.11. The Hall–Kier alpha value is -3.66. The number of pyridine rings is 1. The van der Waals surface area contributed by atoms with E-state index in [1.54, 1.807) is 30.0 Å². The molecule has 4 rings (SSSR count). The fourth-order valence-electron chi connectivity index (χ4n) is 3.32. The van der Waals surface area contributed by atoms with Gasteiger partial charge in [0.05, 0.1) is 13.5 Å². The largest absolute Gasteiger partial charge is 0.497 e. The maximum atomic E-state index is 12.6. The van der Waals surface area contributed by atoms with E-state index in [1.165, 1.54) is 11.8 Å². The van der Waals surface area contributed by atoms with Crippen LogP contribution in [-0.2, 0) is 17.8 Å². The summed E-state index contributed by atoms with van der Waals surface area (Å²) in [7, 11) is 1.61. The number of fused-ring (bicyclic) bond motifs is 1. The number of carbonyl (C=O) groups is 1. The predicted octanol–water partition coefficient (Wildman–Crippen LogP) is 3.52. The molecule has 0 saturated heterocycles. The van der Waals surface area contributed by atoms with E-state index in [0.717, 1.165) is 22.5 Å². The number of ether oxygens (including phenoxy) is 2. The summed E-state index contributed by atoms with van der Waals surface area (Å²) in [5, 5.41) is 8.02. The lowest BCUT2D eigenvalue weighted by molar-refractivity contribution is -0.120. The zero-order valence-electron chi connectivity index (χ0n) is 18.8. The van der Waals surface area contributed by atoms with E-state index >= 15 is 0 Å². The first-order chi connectivity index (χ1) is 16.0. The van der Waals surface area contributed by atoms with Crippen LogP contribution in [0.3, 0.4) is 0 Å². The highest BCUT2D eigenvalue weighted by Gasteiger charge is 2.16. The molecular formula is C23H24N6O3S. The van der Waals surface area contributed by atoms with E-state index in [2.05, 4.69) is 25.4 Å². The number of amides is 1. The van der Waals surface area contributed by atoms with E-state index < -0.39 is 0 Å². The Morgan fingerprint density at radius 1 is 1.15 bits per heavy atom. The van der Waals surface area contributed by atoms with Crippen molar-refractivity contribution in [3.05, 3.63) is 65.1 Å². The van der Waals surface area contributed by atoms with Crippen LogP contribution in [0, 0.1) is 13.8 Å². The summed E-state index contributed by atoms with van der Waals surface area (Å²) in [5.41, 5.74) is 3.35. The molecule has 0 radical (unpaired) electrons. The highest BCUT2D eigenvalue weighted by molar-refractivity contribution is 7.98. The molecule has 3 aromatic heterocycles. The molecule has 10 heteroatoms. The molecule has 0 aliphatic rings. The van der Waals surface area contributed by atoms with Crippen molar-refractivity contribution in [1.82, 2.24) is 29.9 Å². The van der Waals surface area contributed by atoms with Gasteiger partial charge in [0.15, 0.2) is 0 Å². The van der Waals surface area contributed by atoms with Crippen molar-refractivity contribution in [2.24, 2.45) is 0 Å². The first-order valence-electron chi connectivity index (χ1n) is 10.3. The second-order valence-corrected chi connectivity index (χ2v) is 8.08. The van der Waals surface area contributed by atoms with Crippen molar-refractivity contribution in [3.8, 4) is 17.4 Å². The van der Waals surface area contributed by atoms with Gasteiger partial charge < -0.3 is 14.8 Å². The Morgan fingerprint density at radius 2 is 1.97 bits per heavy atom. The zero-order valence-corrected chi connectivity index (χ0v) is 19.6. The van der Waals surface area contributed by atoms with Crippen LogP contribution in [0.4, 0.5) is 0 Å². The fraction of sp³-hybridized carbons (Fsp3) is 0.261. The van der Waals surface area contributed by atoms with Crippen LogP contribution in [0.2, 0.25) is 0 Å². The summed E-state index contributed by atoms with van der Waals surface area (Å²) in [6, 6.07) is 10.9. The van der Waals surface area contributed by atoms with Crippen LogP contribution in [-0.4, -0.2) is 43.8 Å². The first kappa shape index (κ1) is 22.5. The molecule has 0 fully saturated rings. The van der Waals surface area contributed by atoms with Gasteiger partial charge in [0.1, 0.15) is 11.5 Å². The molecule has 0 unspecified atom stereocenters. The summed E-state index contributed by atoms with van der Waals surface area (Å²) < 4.78 is 12.6. The molecule has 1 aromatic carbocycles. The lowest BCUT2D eigenvalue weighted by atomic mass is 10.1. The number of nitrogens with zero attached hydrogens (tertiary/aromatic N) is 5. The Kier molecular flexibility index (Phi) is 6.74. The molecule has 0 saturated carbocycles. The lowest BCUT2D eigenvalue weighted by Crippen LogP contribution is -2.26.